The van der Waals surface area contributed by atoms with Crippen LogP contribution in [0.4, 0.5) is 0 Å². The average Bonchev–Trinajstić information content (AvgIpc) is 2.88. The van der Waals surface area contributed by atoms with Crippen LogP contribution in [0, 0.1) is 11.8 Å². The van der Waals surface area contributed by atoms with E-state index in [9.17, 15) is 4.79 Å². The van der Waals surface area contributed by atoms with Crippen LogP contribution in [0.2, 0.25) is 0 Å². The Morgan fingerprint density at radius 2 is 2.07 bits per heavy atom. The van der Waals surface area contributed by atoms with Crippen molar-refractivity contribution in [1.82, 2.24) is 5.32 Å². The van der Waals surface area contributed by atoms with Crippen molar-refractivity contribution >= 4 is 5.91 Å². The van der Waals surface area contributed by atoms with Gasteiger partial charge in [0.25, 0.3) is 0 Å². The Labute approximate surface area is 91.8 Å². The number of carbonyl (C=O) groups is 1. The molecule has 2 aliphatic carbocycles. The first-order valence-electron chi connectivity index (χ1n) is 6.09. The number of carbonyl (C=O) groups excluding carboxylic acids is 1. The maximum Gasteiger partial charge on any atom is 0.225 e. The van der Waals surface area contributed by atoms with E-state index in [0.29, 0.717) is 5.92 Å². The van der Waals surface area contributed by atoms with Gasteiger partial charge in [0.05, 0.1) is 5.92 Å². The summed E-state index contributed by atoms with van der Waals surface area (Å²) in [6.45, 7) is 4.27. The molecule has 2 rings (SSSR count). The molecule has 0 radical (unpaired) electrons. The highest BCUT2D eigenvalue weighted by atomic mass is 16.2. The van der Waals surface area contributed by atoms with Gasteiger partial charge in [-0.3, -0.25) is 4.79 Å². The zero-order valence-electron chi connectivity index (χ0n) is 9.75. The van der Waals surface area contributed by atoms with Gasteiger partial charge in [-0.05, 0) is 38.5 Å². The van der Waals surface area contributed by atoms with Crippen molar-refractivity contribution < 1.29 is 4.79 Å². The lowest BCUT2D eigenvalue weighted by atomic mass is 9.77. The minimum absolute atomic E-state index is 0.0474. The summed E-state index contributed by atoms with van der Waals surface area (Å²) in [6, 6.07) is 0.0566. The third kappa shape index (κ3) is 2.33. The van der Waals surface area contributed by atoms with Gasteiger partial charge in [-0.25, -0.2) is 0 Å². The lowest BCUT2D eigenvalue weighted by molar-refractivity contribution is -0.127. The molecule has 0 spiro atoms. The van der Waals surface area contributed by atoms with Gasteiger partial charge in [0.1, 0.15) is 0 Å². The normalized spacial score (nSPS) is 38.5. The van der Waals surface area contributed by atoms with Crippen LogP contribution in [0.15, 0.2) is 0 Å². The highest BCUT2D eigenvalue weighted by molar-refractivity contribution is 5.80. The minimum atomic E-state index is 0.0474. The van der Waals surface area contributed by atoms with Crippen molar-refractivity contribution in [1.29, 1.82) is 0 Å². The van der Waals surface area contributed by atoms with Crippen LogP contribution in [0.5, 0.6) is 0 Å². The van der Waals surface area contributed by atoms with Gasteiger partial charge >= 0.3 is 0 Å². The molecule has 0 aromatic carbocycles. The molecule has 3 heteroatoms. The molecule has 0 bridgehead atoms. The number of hydrogen-bond donors (Lipinski definition) is 2. The summed E-state index contributed by atoms with van der Waals surface area (Å²) in [5.41, 5.74) is 6.20. The molecule has 0 aromatic heterocycles. The Kier molecular flexibility index (Phi) is 2.75. The third-order valence-corrected chi connectivity index (χ3v) is 4.06. The molecule has 3 atom stereocenters. The highest BCUT2D eigenvalue weighted by Gasteiger charge is 2.42. The van der Waals surface area contributed by atoms with E-state index in [0.717, 1.165) is 25.7 Å². The van der Waals surface area contributed by atoms with Crippen LogP contribution in [0.1, 0.15) is 46.0 Å². The second-order valence-corrected chi connectivity index (χ2v) is 5.64. The number of amides is 1. The Bertz CT molecular complexity index is 260. The van der Waals surface area contributed by atoms with E-state index in [1.165, 1.54) is 6.42 Å². The van der Waals surface area contributed by atoms with Crippen LogP contribution in [0.3, 0.4) is 0 Å². The third-order valence-electron chi connectivity index (χ3n) is 4.06. The quantitative estimate of drug-likeness (QED) is 0.724. The number of hydrogen-bond acceptors (Lipinski definition) is 2. The van der Waals surface area contributed by atoms with E-state index in [-0.39, 0.29) is 23.4 Å². The van der Waals surface area contributed by atoms with E-state index in [1.54, 1.807) is 0 Å². The predicted octanol–water partition coefficient (Wildman–Crippen LogP) is 1.42. The fourth-order valence-electron chi connectivity index (χ4n) is 2.45. The first-order valence-corrected chi connectivity index (χ1v) is 6.09. The summed E-state index contributed by atoms with van der Waals surface area (Å²) in [6.07, 6.45) is 5.52. The topological polar surface area (TPSA) is 55.1 Å². The average molecular weight is 210 g/mol. The number of rotatable bonds is 2. The molecule has 2 aliphatic rings. The van der Waals surface area contributed by atoms with Crippen molar-refractivity contribution in [2.24, 2.45) is 17.6 Å². The lowest BCUT2D eigenvalue weighted by Crippen LogP contribution is -2.49. The van der Waals surface area contributed by atoms with Crippen molar-refractivity contribution in [3.63, 3.8) is 0 Å². The molecule has 1 amide bonds. The number of nitrogens with one attached hydrogen (secondary N) is 1. The first-order chi connectivity index (χ1) is 7.02. The van der Waals surface area contributed by atoms with Gasteiger partial charge in [-0.2, -0.15) is 0 Å². The van der Waals surface area contributed by atoms with Crippen LogP contribution in [-0.4, -0.2) is 17.5 Å². The predicted molar refractivity (Wildman–Crippen MR) is 60.3 cm³/mol. The maximum atomic E-state index is 12.0. The molecule has 2 saturated carbocycles. The van der Waals surface area contributed by atoms with Crippen molar-refractivity contribution in [2.75, 3.05) is 0 Å². The van der Waals surface area contributed by atoms with Crippen LogP contribution < -0.4 is 11.1 Å². The van der Waals surface area contributed by atoms with Crippen LogP contribution in [0.25, 0.3) is 0 Å². The van der Waals surface area contributed by atoms with E-state index in [1.807, 2.05) is 0 Å². The Hall–Kier alpha value is -0.570. The molecule has 3 N–H and O–H groups in total. The van der Waals surface area contributed by atoms with Crippen LogP contribution >= 0.6 is 0 Å². The fourth-order valence-corrected chi connectivity index (χ4v) is 2.45. The summed E-state index contributed by atoms with van der Waals surface area (Å²) in [5, 5.41) is 3.13. The Balaban J connectivity index is 1.93. The van der Waals surface area contributed by atoms with Gasteiger partial charge in [0.2, 0.25) is 5.91 Å². The zero-order valence-corrected chi connectivity index (χ0v) is 9.75. The lowest BCUT2D eigenvalue weighted by Gasteiger charge is -2.33. The number of nitrogens with two attached hydrogens (primary N) is 1. The monoisotopic (exact) mass is 210 g/mol. The standard InChI is InChI=1S/C12H22N2O/c1-8-4-3-5-9(10(8)13)11(15)14-12(2)6-7-12/h8-10H,3-7,13H2,1-2H3,(H,14,15). The Morgan fingerprint density at radius 1 is 1.40 bits per heavy atom. The molecule has 0 aromatic rings. The fraction of sp³-hybridized carbons (Fsp3) is 0.917. The maximum absolute atomic E-state index is 12.0. The summed E-state index contributed by atoms with van der Waals surface area (Å²) < 4.78 is 0. The van der Waals surface area contributed by atoms with Crippen molar-refractivity contribution in [3.05, 3.63) is 0 Å². The molecule has 0 saturated heterocycles. The SMILES string of the molecule is CC1CCCC(C(=O)NC2(C)CC2)C1N. The van der Waals surface area contributed by atoms with E-state index >= 15 is 0 Å². The van der Waals surface area contributed by atoms with Gasteiger partial charge < -0.3 is 11.1 Å². The smallest absolute Gasteiger partial charge is 0.225 e. The molecular weight excluding hydrogens is 188 g/mol. The van der Waals surface area contributed by atoms with Gasteiger partial charge in [-0.15, -0.1) is 0 Å². The van der Waals surface area contributed by atoms with Gasteiger partial charge in [0, 0.05) is 11.6 Å². The highest BCUT2D eigenvalue weighted by Crippen LogP contribution is 2.36. The van der Waals surface area contributed by atoms with E-state index in [2.05, 4.69) is 19.2 Å². The minimum Gasteiger partial charge on any atom is -0.351 e. The molecule has 3 nitrogen and oxygen atoms in total. The Morgan fingerprint density at radius 3 is 2.67 bits per heavy atom. The second kappa shape index (κ2) is 3.78. The molecule has 0 heterocycles. The summed E-state index contributed by atoms with van der Waals surface area (Å²) >= 11 is 0. The molecular formula is C12H22N2O. The molecule has 15 heavy (non-hydrogen) atoms. The summed E-state index contributed by atoms with van der Waals surface area (Å²) in [7, 11) is 0. The first kappa shape index (κ1) is 10.9. The van der Waals surface area contributed by atoms with E-state index < -0.39 is 0 Å². The molecule has 86 valence electrons. The van der Waals surface area contributed by atoms with E-state index in [4.69, 9.17) is 5.73 Å². The molecule has 0 aliphatic heterocycles. The largest absolute Gasteiger partial charge is 0.351 e. The van der Waals surface area contributed by atoms with Gasteiger partial charge in [0.15, 0.2) is 0 Å². The van der Waals surface area contributed by atoms with Crippen molar-refractivity contribution in [3.8, 4) is 0 Å². The second-order valence-electron chi connectivity index (χ2n) is 5.64. The molecule has 2 fully saturated rings. The van der Waals surface area contributed by atoms with Gasteiger partial charge in [-0.1, -0.05) is 13.3 Å². The van der Waals surface area contributed by atoms with Crippen molar-refractivity contribution in [2.45, 2.75) is 57.5 Å². The molecule has 3 unspecified atom stereocenters. The summed E-state index contributed by atoms with van der Waals surface area (Å²) in [5.74, 6) is 0.724. The summed E-state index contributed by atoms with van der Waals surface area (Å²) in [4.78, 5) is 12.0. The van der Waals surface area contributed by atoms with Crippen LogP contribution in [-0.2, 0) is 4.79 Å². The zero-order chi connectivity index (χ0) is 11.1.